The van der Waals surface area contributed by atoms with Gasteiger partial charge in [-0.25, -0.2) is 0 Å². The third kappa shape index (κ3) is 3.96. The van der Waals surface area contributed by atoms with Crippen LogP contribution in [0.1, 0.15) is 0 Å². The number of hydrogen-bond donors (Lipinski definition) is 6. The molecule has 10 heavy (non-hydrogen) atoms. The van der Waals surface area contributed by atoms with Gasteiger partial charge in [0.25, 0.3) is 0 Å². The van der Waals surface area contributed by atoms with Crippen molar-refractivity contribution in [2.24, 2.45) is 0 Å². The Balaban J connectivity index is 4.40. The molecular formula is C3H6OS6. The van der Waals surface area contributed by atoms with Crippen molar-refractivity contribution in [1.29, 1.82) is 0 Å². The predicted octanol–water partition coefficient (Wildman–Crippen LogP) is 1.44. The number of hydrogen-bond acceptors (Lipinski definition) is 7. The summed E-state index contributed by atoms with van der Waals surface area (Å²) in [7, 11) is 0. The van der Waals surface area contributed by atoms with Crippen LogP contribution in [-0.4, -0.2) is 12.6 Å². The van der Waals surface area contributed by atoms with E-state index >= 15 is 0 Å². The molecule has 0 rings (SSSR count). The van der Waals surface area contributed by atoms with Gasteiger partial charge in [-0.05, 0) is 0 Å². The highest BCUT2D eigenvalue weighted by molar-refractivity contribution is 8.22. The average Bonchev–Trinajstić information content (AvgIpc) is 1.59. The second-order valence-corrected chi connectivity index (χ2v) is 7.74. The normalized spacial score (nSPS) is 13.4. The maximum Gasteiger partial charge on any atom is 0.203 e. The van der Waals surface area contributed by atoms with Gasteiger partial charge in [0.15, 0.2) is 6.82 Å². The largest absolute Gasteiger partial charge is 0.293 e. The van der Waals surface area contributed by atoms with Crippen LogP contribution in [0.4, 0.5) is 0 Å². The van der Waals surface area contributed by atoms with Crippen LogP contribution < -0.4 is 0 Å². The van der Waals surface area contributed by atoms with Crippen molar-refractivity contribution in [3.63, 3.8) is 0 Å². The molecule has 0 atom stereocenters. The molecule has 0 amide bonds. The topological polar surface area (TPSA) is 17.1 Å². The first kappa shape index (κ1) is 11.8. The summed E-state index contributed by atoms with van der Waals surface area (Å²) in [6.45, 7) is 0. The Morgan fingerprint density at radius 2 is 1.00 bits per heavy atom. The molecule has 0 spiro atoms. The summed E-state index contributed by atoms with van der Waals surface area (Å²) in [6, 6.07) is 0. The van der Waals surface area contributed by atoms with Crippen molar-refractivity contribution >= 4 is 81.6 Å². The van der Waals surface area contributed by atoms with Crippen molar-refractivity contribution in [1.82, 2.24) is 0 Å². The molecule has 0 saturated heterocycles. The summed E-state index contributed by atoms with van der Waals surface area (Å²) in [5, 5.41) is 0. The Labute approximate surface area is 92.6 Å². The van der Waals surface area contributed by atoms with E-state index in [9.17, 15) is 4.79 Å². The van der Waals surface area contributed by atoms with Gasteiger partial charge in [0.2, 0.25) is 5.78 Å². The molecule has 0 heterocycles. The Hall–Kier alpha value is 1.77. The minimum Gasteiger partial charge on any atom is -0.293 e. The van der Waals surface area contributed by atoms with Crippen LogP contribution in [0, 0.1) is 0 Å². The van der Waals surface area contributed by atoms with E-state index < -0.39 is 12.6 Å². The van der Waals surface area contributed by atoms with Crippen LogP contribution in [-0.2, 0) is 4.79 Å². The molecule has 1 nitrogen and oxygen atoms in total. The summed E-state index contributed by atoms with van der Waals surface area (Å²) < 4.78 is -2.68. The van der Waals surface area contributed by atoms with E-state index in [2.05, 4.69) is 75.8 Å². The monoisotopic (exact) mass is 250 g/mol. The van der Waals surface area contributed by atoms with Gasteiger partial charge in [-0.1, -0.05) is 0 Å². The fraction of sp³-hybridized carbons (Fsp3) is 0.667. The highest BCUT2D eigenvalue weighted by Gasteiger charge is 2.37. The molecule has 0 saturated carbocycles. The lowest BCUT2D eigenvalue weighted by Gasteiger charge is -2.21. The van der Waals surface area contributed by atoms with Crippen molar-refractivity contribution in [3.8, 4) is 0 Å². The second-order valence-electron chi connectivity index (χ2n) is 1.60. The van der Waals surface area contributed by atoms with E-state index in [4.69, 9.17) is 0 Å². The first-order chi connectivity index (χ1) is 4.15. The van der Waals surface area contributed by atoms with Gasteiger partial charge >= 0.3 is 0 Å². The minimum absolute atomic E-state index is 0.495. The van der Waals surface area contributed by atoms with E-state index in [1.165, 1.54) is 0 Å². The van der Waals surface area contributed by atoms with E-state index in [1.54, 1.807) is 0 Å². The lowest BCUT2D eigenvalue weighted by atomic mass is 10.5. The summed E-state index contributed by atoms with van der Waals surface area (Å²) in [5.74, 6) is -0.495. The van der Waals surface area contributed by atoms with Crippen LogP contribution >= 0.6 is 75.8 Å². The molecule has 0 unspecified atom stereocenters. The SMILES string of the molecule is O=C(C(S)(S)S)C(S)(S)S. The molecule has 0 aliphatic carbocycles. The Morgan fingerprint density at radius 3 is 1.00 bits per heavy atom. The van der Waals surface area contributed by atoms with Gasteiger partial charge in [0, 0.05) is 0 Å². The van der Waals surface area contributed by atoms with Crippen molar-refractivity contribution < 1.29 is 4.79 Å². The molecule has 0 aliphatic heterocycles. The number of ketones is 1. The Morgan fingerprint density at radius 1 is 0.800 bits per heavy atom. The van der Waals surface area contributed by atoms with Gasteiger partial charge in [-0.15, -0.1) is 75.8 Å². The molecule has 0 aromatic rings. The molecule has 60 valence electrons. The third-order valence-electron chi connectivity index (χ3n) is 0.609. The second kappa shape index (κ2) is 3.66. The molecule has 0 fully saturated rings. The molecule has 0 N–H and O–H groups in total. The number of carbonyl (C=O) groups excluding carboxylic acids is 1. The fourth-order valence-electron chi connectivity index (χ4n) is 0.225. The number of thiol groups is 6. The fourth-order valence-corrected chi connectivity index (χ4v) is 2.03. The Bertz CT molecular complexity index is 124. The summed E-state index contributed by atoms with van der Waals surface area (Å²) >= 11 is 22.7. The molecule has 0 aliphatic rings. The van der Waals surface area contributed by atoms with Crippen LogP contribution in [0.25, 0.3) is 0 Å². The van der Waals surface area contributed by atoms with E-state index in [-0.39, 0.29) is 0 Å². The van der Waals surface area contributed by atoms with Crippen LogP contribution in [0.2, 0.25) is 0 Å². The zero-order valence-electron chi connectivity index (χ0n) is 4.59. The third-order valence-corrected chi connectivity index (χ3v) is 1.83. The lowest BCUT2D eigenvalue weighted by molar-refractivity contribution is -0.116. The van der Waals surface area contributed by atoms with Gasteiger partial charge in [-0.3, -0.25) is 4.79 Å². The first-order valence-electron chi connectivity index (χ1n) is 2.05. The maximum atomic E-state index is 11.0. The molecular weight excluding hydrogens is 244 g/mol. The Kier molecular flexibility index (Phi) is 4.30. The van der Waals surface area contributed by atoms with Crippen LogP contribution in [0.3, 0.4) is 0 Å². The minimum atomic E-state index is -1.34. The average molecular weight is 250 g/mol. The standard InChI is InChI=1S/C3H6OS6/c4-1(2(5,6)7)3(8,9)10/h5-10H. The van der Waals surface area contributed by atoms with E-state index in [0.29, 0.717) is 0 Å². The van der Waals surface area contributed by atoms with Gasteiger partial charge in [0.05, 0.1) is 0 Å². The van der Waals surface area contributed by atoms with E-state index in [0.717, 1.165) is 0 Å². The molecule has 7 heteroatoms. The van der Waals surface area contributed by atoms with Gasteiger partial charge in [0.1, 0.15) is 0 Å². The van der Waals surface area contributed by atoms with Gasteiger partial charge < -0.3 is 0 Å². The zero-order valence-corrected chi connectivity index (χ0v) is 9.96. The first-order valence-corrected chi connectivity index (χ1v) is 4.73. The molecule has 0 bridgehead atoms. The predicted molar refractivity (Wildman–Crippen MR) is 64.4 cm³/mol. The molecule has 0 aromatic carbocycles. The summed E-state index contributed by atoms with van der Waals surface area (Å²) in [4.78, 5) is 11.0. The highest BCUT2D eigenvalue weighted by atomic mass is 32.2. The molecule has 0 radical (unpaired) electrons. The number of carbonyl (C=O) groups is 1. The smallest absolute Gasteiger partial charge is 0.203 e. The van der Waals surface area contributed by atoms with Crippen molar-refractivity contribution in [2.45, 2.75) is 6.82 Å². The van der Waals surface area contributed by atoms with Gasteiger partial charge in [-0.2, -0.15) is 0 Å². The van der Waals surface area contributed by atoms with Crippen molar-refractivity contribution in [3.05, 3.63) is 0 Å². The summed E-state index contributed by atoms with van der Waals surface area (Å²) in [6.07, 6.45) is 0. The molecule has 0 aromatic heterocycles. The number of Topliss-reactive ketones (excluding diaryl/α,β-unsaturated/α-hetero) is 1. The summed E-state index contributed by atoms with van der Waals surface area (Å²) in [5.41, 5.74) is 0. The van der Waals surface area contributed by atoms with Crippen LogP contribution in [0.15, 0.2) is 0 Å². The quantitative estimate of drug-likeness (QED) is 0.323. The van der Waals surface area contributed by atoms with Crippen LogP contribution in [0.5, 0.6) is 0 Å². The number of rotatable bonds is 2. The highest BCUT2D eigenvalue weighted by Crippen LogP contribution is 2.37. The van der Waals surface area contributed by atoms with Crippen molar-refractivity contribution in [2.75, 3.05) is 0 Å². The maximum absolute atomic E-state index is 11.0. The lowest BCUT2D eigenvalue weighted by Crippen LogP contribution is -2.32. The zero-order chi connectivity index (χ0) is 8.58. The van der Waals surface area contributed by atoms with E-state index in [1.807, 2.05) is 0 Å².